The monoisotopic (exact) mass is 518 g/mol. The average Bonchev–Trinajstić information content (AvgIpc) is 3.42. The van der Waals surface area contributed by atoms with Crippen LogP contribution in [-0.4, -0.2) is 29.3 Å². The third kappa shape index (κ3) is 5.56. The van der Waals surface area contributed by atoms with Crippen LogP contribution in [0.3, 0.4) is 0 Å². The number of nitrogens with zero attached hydrogens (tertiary/aromatic N) is 1. The van der Waals surface area contributed by atoms with Crippen LogP contribution >= 0.6 is 35.0 Å². The van der Waals surface area contributed by atoms with Crippen LogP contribution in [0.25, 0.3) is 6.08 Å². The highest BCUT2D eigenvalue weighted by molar-refractivity contribution is 8.18. The largest absolute Gasteiger partial charge is 0.493 e. The first-order chi connectivity index (χ1) is 16.3. The van der Waals surface area contributed by atoms with Crippen molar-refractivity contribution in [1.29, 1.82) is 0 Å². The van der Waals surface area contributed by atoms with E-state index in [-0.39, 0.29) is 18.3 Å². The summed E-state index contributed by atoms with van der Waals surface area (Å²) in [4.78, 5) is 28.2. The number of carbonyl (C=O) groups excluding carboxylic acids is 1. The second-order valence-corrected chi connectivity index (χ2v) is 8.70. The van der Waals surface area contributed by atoms with Gasteiger partial charge >= 0.3 is 5.97 Å². The highest BCUT2D eigenvalue weighted by atomic mass is 35.5. The Labute approximate surface area is 208 Å². The molecule has 0 saturated carbocycles. The van der Waals surface area contributed by atoms with Gasteiger partial charge in [-0.2, -0.15) is 0 Å². The van der Waals surface area contributed by atoms with Crippen LogP contribution in [0.2, 0.25) is 10.0 Å². The molecule has 1 aliphatic heterocycles. The standard InChI is InChI=1S/C23H16Cl2N2O6S/c1-31-19-8-12(2-6-17(19)32-11-14-4-7-18(33-14)22(29)30)9-20-21(28)27-23(34-20)26-13-3-5-15(24)16(25)10-13/h2-10H,11H2,1H3,(H,29,30)(H,26,27,28)/b20-9-. The molecule has 1 aliphatic rings. The number of amidine groups is 1. The van der Waals surface area contributed by atoms with Gasteiger partial charge in [-0.15, -0.1) is 0 Å². The fourth-order valence-corrected chi connectivity index (χ4v) is 4.05. The number of amides is 1. The molecule has 0 bridgehead atoms. The van der Waals surface area contributed by atoms with Crippen LogP contribution in [0, 0.1) is 0 Å². The lowest BCUT2D eigenvalue weighted by Gasteiger charge is -2.10. The Morgan fingerprint density at radius 2 is 1.97 bits per heavy atom. The van der Waals surface area contributed by atoms with E-state index in [2.05, 4.69) is 10.3 Å². The average molecular weight is 519 g/mol. The third-order valence-corrected chi connectivity index (χ3v) is 6.16. The number of thioether (sulfide) groups is 1. The van der Waals surface area contributed by atoms with Crippen molar-refractivity contribution in [2.45, 2.75) is 6.61 Å². The van der Waals surface area contributed by atoms with Gasteiger partial charge in [0.05, 0.1) is 27.7 Å². The van der Waals surface area contributed by atoms with Crippen molar-refractivity contribution in [2.24, 2.45) is 4.99 Å². The van der Waals surface area contributed by atoms with Gasteiger partial charge < -0.3 is 24.3 Å². The number of halogens is 2. The predicted octanol–water partition coefficient (Wildman–Crippen LogP) is 5.76. The molecule has 8 nitrogen and oxygen atoms in total. The Morgan fingerprint density at radius 1 is 1.15 bits per heavy atom. The van der Waals surface area contributed by atoms with Crippen LogP contribution in [0.4, 0.5) is 5.69 Å². The quantitative estimate of drug-likeness (QED) is 0.382. The van der Waals surface area contributed by atoms with Gasteiger partial charge in [-0.3, -0.25) is 4.79 Å². The minimum Gasteiger partial charge on any atom is -0.493 e. The number of carboxylic acids is 1. The molecule has 0 spiro atoms. The van der Waals surface area contributed by atoms with Crippen LogP contribution < -0.4 is 14.8 Å². The maximum Gasteiger partial charge on any atom is 0.371 e. The van der Waals surface area contributed by atoms with Crippen molar-refractivity contribution in [3.05, 3.63) is 80.6 Å². The molecule has 4 rings (SSSR count). The second kappa shape index (κ2) is 10.3. The minimum atomic E-state index is -1.15. The lowest BCUT2D eigenvalue weighted by molar-refractivity contribution is -0.115. The molecule has 0 radical (unpaired) electrons. The Morgan fingerprint density at radius 3 is 2.68 bits per heavy atom. The topological polar surface area (TPSA) is 110 Å². The molecule has 2 heterocycles. The van der Waals surface area contributed by atoms with Crippen molar-refractivity contribution in [3.8, 4) is 11.5 Å². The summed E-state index contributed by atoms with van der Waals surface area (Å²) in [6.07, 6.45) is 1.70. The predicted molar refractivity (Wildman–Crippen MR) is 130 cm³/mol. The number of hydrogen-bond acceptors (Lipinski definition) is 7. The fraction of sp³-hybridized carbons (Fsp3) is 0.0870. The van der Waals surface area contributed by atoms with Gasteiger partial charge in [-0.1, -0.05) is 29.3 Å². The number of aromatic carboxylic acids is 1. The van der Waals surface area contributed by atoms with Crippen LogP contribution in [-0.2, 0) is 11.4 Å². The van der Waals surface area contributed by atoms with Gasteiger partial charge in [0, 0.05) is 0 Å². The first-order valence-electron chi connectivity index (χ1n) is 9.70. The molecule has 1 saturated heterocycles. The number of methoxy groups -OCH3 is 1. The van der Waals surface area contributed by atoms with Crippen molar-refractivity contribution < 1.29 is 28.6 Å². The fourth-order valence-electron chi connectivity index (χ4n) is 2.92. The molecular weight excluding hydrogens is 503 g/mol. The Hall–Kier alpha value is -3.40. The van der Waals surface area contributed by atoms with E-state index < -0.39 is 5.97 Å². The highest BCUT2D eigenvalue weighted by Crippen LogP contribution is 2.33. The highest BCUT2D eigenvalue weighted by Gasteiger charge is 2.24. The summed E-state index contributed by atoms with van der Waals surface area (Å²) in [5, 5.41) is 12.9. The van der Waals surface area contributed by atoms with E-state index in [9.17, 15) is 9.59 Å². The summed E-state index contributed by atoms with van der Waals surface area (Å²) in [6.45, 7) is 0.0247. The molecule has 0 aliphatic carbocycles. The second-order valence-electron chi connectivity index (χ2n) is 6.85. The van der Waals surface area contributed by atoms with Crippen LogP contribution in [0.15, 0.2) is 62.8 Å². The molecule has 11 heteroatoms. The van der Waals surface area contributed by atoms with Gasteiger partial charge in [0.25, 0.3) is 5.91 Å². The smallest absolute Gasteiger partial charge is 0.371 e. The van der Waals surface area contributed by atoms with Gasteiger partial charge in [0.2, 0.25) is 5.76 Å². The van der Waals surface area contributed by atoms with Crippen molar-refractivity contribution in [3.63, 3.8) is 0 Å². The maximum absolute atomic E-state index is 12.4. The Bertz CT molecular complexity index is 1330. The maximum atomic E-state index is 12.4. The molecule has 34 heavy (non-hydrogen) atoms. The first kappa shape index (κ1) is 23.7. The van der Waals surface area contributed by atoms with Gasteiger partial charge in [-0.05, 0) is 65.9 Å². The number of furan rings is 1. The van der Waals surface area contributed by atoms with E-state index >= 15 is 0 Å². The SMILES string of the molecule is COc1cc(/C=C2\SC(=Nc3ccc(Cl)c(Cl)c3)NC2=O)ccc1OCc1ccc(C(=O)O)o1. The molecule has 174 valence electrons. The summed E-state index contributed by atoms with van der Waals surface area (Å²) in [7, 11) is 1.49. The zero-order valence-electron chi connectivity index (χ0n) is 17.5. The number of carboxylic acid groups (broad SMARTS) is 1. The molecule has 3 aromatic rings. The number of rotatable bonds is 7. The number of nitrogens with one attached hydrogen (secondary N) is 1. The molecule has 2 aromatic carbocycles. The number of hydrogen-bond donors (Lipinski definition) is 2. The normalized spacial score (nSPS) is 15.6. The summed E-state index contributed by atoms with van der Waals surface area (Å²) >= 11 is 13.1. The molecule has 0 unspecified atom stereocenters. The number of aliphatic imine (C=N–C) groups is 1. The van der Waals surface area contributed by atoms with E-state index in [1.807, 2.05) is 0 Å². The van der Waals surface area contributed by atoms with Crippen LogP contribution in [0.1, 0.15) is 21.9 Å². The summed E-state index contributed by atoms with van der Waals surface area (Å²) in [5.41, 5.74) is 1.28. The third-order valence-electron chi connectivity index (χ3n) is 4.51. The molecule has 1 aromatic heterocycles. The summed E-state index contributed by atoms with van der Waals surface area (Å²) in [6, 6.07) is 13.0. The van der Waals surface area contributed by atoms with Gasteiger partial charge in [-0.25, -0.2) is 9.79 Å². The zero-order chi connectivity index (χ0) is 24.2. The first-order valence-corrected chi connectivity index (χ1v) is 11.3. The zero-order valence-corrected chi connectivity index (χ0v) is 19.8. The van der Waals surface area contributed by atoms with E-state index in [1.165, 1.54) is 31.0 Å². The minimum absolute atomic E-state index is 0.0247. The van der Waals surface area contributed by atoms with E-state index in [1.54, 1.807) is 42.5 Å². The van der Waals surface area contributed by atoms with Crippen molar-refractivity contribution in [2.75, 3.05) is 7.11 Å². The van der Waals surface area contributed by atoms with Crippen LogP contribution in [0.5, 0.6) is 11.5 Å². The van der Waals surface area contributed by atoms with E-state index in [0.717, 1.165) is 0 Å². The number of ether oxygens (including phenoxy) is 2. The lowest BCUT2D eigenvalue weighted by atomic mass is 10.2. The molecular formula is C23H16Cl2N2O6S. The Kier molecular flexibility index (Phi) is 7.16. The Balaban J connectivity index is 1.47. The molecule has 2 N–H and O–H groups in total. The number of carbonyl (C=O) groups is 2. The summed E-state index contributed by atoms with van der Waals surface area (Å²) in [5.74, 6) is -0.369. The van der Waals surface area contributed by atoms with Crippen molar-refractivity contribution >= 4 is 63.8 Å². The van der Waals surface area contributed by atoms with E-state index in [4.69, 9.17) is 42.2 Å². The van der Waals surface area contributed by atoms with Gasteiger partial charge in [0.15, 0.2) is 16.7 Å². The van der Waals surface area contributed by atoms with E-state index in [0.29, 0.717) is 48.6 Å². The van der Waals surface area contributed by atoms with Crippen molar-refractivity contribution in [1.82, 2.24) is 5.32 Å². The summed E-state index contributed by atoms with van der Waals surface area (Å²) < 4.78 is 16.3. The lowest BCUT2D eigenvalue weighted by Crippen LogP contribution is -2.19. The molecule has 1 amide bonds. The molecule has 1 fully saturated rings. The number of benzene rings is 2. The molecule has 0 atom stereocenters. The van der Waals surface area contributed by atoms with Gasteiger partial charge in [0.1, 0.15) is 12.4 Å².